The lowest BCUT2D eigenvalue weighted by atomic mass is 9.96. The largest absolute Gasteiger partial charge is 0.361 e. The van der Waals surface area contributed by atoms with Crippen molar-refractivity contribution in [1.82, 2.24) is 9.80 Å². The van der Waals surface area contributed by atoms with Crippen molar-refractivity contribution in [3.05, 3.63) is 0 Å². The maximum atomic E-state index is 7.99. The summed E-state index contributed by atoms with van der Waals surface area (Å²) in [5, 5.41) is 7.99. The molecule has 0 aromatic heterocycles. The Morgan fingerprint density at radius 2 is 1.76 bits per heavy atom. The lowest BCUT2D eigenvalue weighted by Gasteiger charge is -2.35. The van der Waals surface area contributed by atoms with Gasteiger partial charge >= 0.3 is 0 Å². The molecular weight excluding hydrogens is 210 g/mol. The van der Waals surface area contributed by atoms with Crippen molar-refractivity contribution in [3.63, 3.8) is 0 Å². The van der Waals surface area contributed by atoms with Crippen molar-refractivity contribution in [3.8, 4) is 0 Å². The summed E-state index contributed by atoms with van der Waals surface area (Å²) in [6.07, 6.45) is 7.45. The first-order valence-electron chi connectivity index (χ1n) is 7.34. The Balaban J connectivity index is 1.68. The van der Waals surface area contributed by atoms with Crippen LogP contribution in [-0.4, -0.2) is 48.4 Å². The molecule has 0 amide bonds. The van der Waals surface area contributed by atoms with E-state index in [-0.39, 0.29) is 0 Å². The summed E-state index contributed by atoms with van der Waals surface area (Å²) >= 11 is 0. The molecule has 2 aliphatic heterocycles. The molecule has 3 heteroatoms. The predicted octanol–water partition coefficient (Wildman–Crippen LogP) is 2.57. The molecule has 0 aromatic rings. The Bertz CT molecular complexity index is 238. The van der Waals surface area contributed by atoms with Gasteiger partial charge in [-0.3, -0.25) is 5.41 Å². The summed E-state index contributed by atoms with van der Waals surface area (Å²) in [5.41, 5.74) is 0. The standard InChI is InChI=1S/C14H27N3/c1-2-5-14(15)17-10-6-13(7-11-17)12-16-8-3-4-9-16/h13,15H,2-12H2,1H3. The molecule has 0 atom stereocenters. The first-order chi connectivity index (χ1) is 8.29. The number of hydrogen-bond donors (Lipinski definition) is 1. The van der Waals surface area contributed by atoms with Crippen molar-refractivity contribution in [2.75, 3.05) is 32.7 Å². The number of nitrogens with one attached hydrogen (secondary N) is 1. The van der Waals surface area contributed by atoms with Crippen LogP contribution in [0.25, 0.3) is 0 Å². The fourth-order valence-electron chi connectivity index (χ4n) is 3.11. The quantitative estimate of drug-likeness (QED) is 0.602. The molecule has 2 aliphatic rings. The zero-order valence-electron chi connectivity index (χ0n) is 11.2. The van der Waals surface area contributed by atoms with Gasteiger partial charge in [-0.2, -0.15) is 0 Å². The Hall–Kier alpha value is -0.570. The van der Waals surface area contributed by atoms with E-state index < -0.39 is 0 Å². The lowest BCUT2D eigenvalue weighted by Crippen LogP contribution is -2.40. The van der Waals surface area contributed by atoms with Crippen LogP contribution in [0, 0.1) is 11.3 Å². The van der Waals surface area contributed by atoms with Crippen LogP contribution in [0.3, 0.4) is 0 Å². The van der Waals surface area contributed by atoms with E-state index in [1.807, 2.05) is 0 Å². The number of nitrogens with zero attached hydrogens (tertiary/aromatic N) is 2. The van der Waals surface area contributed by atoms with Gasteiger partial charge in [0.15, 0.2) is 0 Å². The minimum atomic E-state index is 0.868. The molecule has 98 valence electrons. The van der Waals surface area contributed by atoms with E-state index in [2.05, 4.69) is 16.7 Å². The first-order valence-corrected chi connectivity index (χ1v) is 7.34. The average Bonchev–Trinajstić information content (AvgIpc) is 2.83. The molecule has 0 spiro atoms. The van der Waals surface area contributed by atoms with Crippen LogP contribution in [-0.2, 0) is 0 Å². The van der Waals surface area contributed by atoms with Crippen LogP contribution in [0.5, 0.6) is 0 Å². The van der Waals surface area contributed by atoms with Crippen LogP contribution in [0.2, 0.25) is 0 Å². The molecule has 2 saturated heterocycles. The molecule has 0 unspecified atom stereocenters. The van der Waals surface area contributed by atoms with E-state index in [4.69, 9.17) is 5.41 Å². The van der Waals surface area contributed by atoms with Crippen molar-refractivity contribution >= 4 is 5.84 Å². The zero-order valence-corrected chi connectivity index (χ0v) is 11.2. The fraction of sp³-hybridized carbons (Fsp3) is 0.929. The van der Waals surface area contributed by atoms with Crippen LogP contribution < -0.4 is 0 Å². The first kappa shape index (κ1) is 12.9. The monoisotopic (exact) mass is 237 g/mol. The van der Waals surface area contributed by atoms with E-state index in [1.165, 1.54) is 45.3 Å². The molecule has 17 heavy (non-hydrogen) atoms. The van der Waals surface area contributed by atoms with Gasteiger partial charge in [0.1, 0.15) is 0 Å². The lowest BCUT2D eigenvalue weighted by molar-refractivity contribution is 0.199. The summed E-state index contributed by atoms with van der Waals surface area (Å²) in [4.78, 5) is 4.93. The van der Waals surface area contributed by atoms with Gasteiger partial charge in [-0.1, -0.05) is 6.92 Å². The number of rotatable bonds is 4. The van der Waals surface area contributed by atoms with Crippen molar-refractivity contribution in [1.29, 1.82) is 5.41 Å². The number of hydrogen-bond acceptors (Lipinski definition) is 2. The summed E-state index contributed by atoms with van der Waals surface area (Å²) < 4.78 is 0. The molecule has 2 fully saturated rings. The molecular formula is C14H27N3. The minimum absolute atomic E-state index is 0.868. The average molecular weight is 237 g/mol. The topological polar surface area (TPSA) is 30.3 Å². The second kappa shape index (κ2) is 6.39. The summed E-state index contributed by atoms with van der Waals surface area (Å²) in [6.45, 7) is 8.37. The fourth-order valence-corrected chi connectivity index (χ4v) is 3.11. The van der Waals surface area contributed by atoms with Gasteiger partial charge < -0.3 is 9.80 Å². The molecule has 2 heterocycles. The van der Waals surface area contributed by atoms with Crippen LogP contribution in [0.4, 0.5) is 0 Å². The summed E-state index contributed by atoms with van der Waals surface area (Å²) in [5.74, 6) is 1.76. The van der Waals surface area contributed by atoms with Gasteiger partial charge in [-0.15, -0.1) is 0 Å². The van der Waals surface area contributed by atoms with E-state index in [1.54, 1.807) is 0 Å². The maximum Gasteiger partial charge on any atom is 0.0957 e. The van der Waals surface area contributed by atoms with Gasteiger partial charge in [0.2, 0.25) is 0 Å². The highest BCUT2D eigenvalue weighted by Gasteiger charge is 2.23. The van der Waals surface area contributed by atoms with E-state index in [9.17, 15) is 0 Å². The number of likely N-dealkylation sites (tertiary alicyclic amines) is 2. The third kappa shape index (κ3) is 3.70. The Kier molecular flexibility index (Phi) is 4.84. The SMILES string of the molecule is CCCC(=N)N1CCC(CN2CCCC2)CC1. The Labute approximate surface area is 106 Å². The summed E-state index contributed by atoms with van der Waals surface area (Å²) in [7, 11) is 0. The minimum Gasteiger partial charge on any atom is -0.361 e. The second-order valence-corrected chi connectivity index (χ2v) is 5.63. The highest BCUT2D eigenvalue weighted by molar-refractivity contribution is 5.79. The van der Waals surface area contributed by atoms with E-state index in [0.29, 0.717) is 0 Å². The maximum absolute atomic E-state index is 7.99. The predicted molar refractivity (Wildman–Crippen MR) is 72.6 cm³/mol. The van der Waals surface area contributed by atoms with Crippen LogP contribution >= 0.6 is 0 Å². The normalized spacial score (nSPS) is 23.2. The van der Waals surface area contributed by atoms with Crippen molar-refractivity contribution in [2.45, 2.75) is 45.4 Å². The van der Waals surface area contributed by atoms with E-state index >= 15 is 0 Å². The number of piperidine rings is 1. The van der Waals surface area contributed by atoms with Gasteiger partial charge in [0.05, 0.1) is 5.84 Å². The Morgan fingerprint density at radius 1 is 1.12 bits per heavy atom. The molecule has 0 aromatic carbocycles. The Morgan fingerprint density at radius 3 is 2.35 bits per heavy atom. The number of amidine groups is 1. The van der Waals surface area contributed by atoms with Gasteiger partial charge in [0, 0.05) is 26.1 Å². The molecule has 1 N–H and O–H groups in total. The van der Waals surface area contributed by atoms with Gasteiger partial charge in [0.25, 0.3) is 0 Å². The zero-order chi connectivity index (χ0) is 12.1. The molecule has 2 rings (SSSR count). The highest BCUT2D eigenvalue weighted by atomic mass is 15.2. The van der Waals surface area contributed by atoms with Crippen LogP contribution in [0.15, 0.2) is 0 Å². The third-order valence-electron chi connectivity index (χ3n) is 4.20. The van der Waals surface area contributed by atoms with Crippen LogP contribution in [0.1, 0.15) is 45.4 Å². The molecule has 0 aliphatic carbocycles. The van der Waals surface area contributed by atoms with Crippen molar-refractivity contribution in [2.24, 2.45) is 5.92 Å². The molecule has 0 radical (unpaired) electrons. The van der Waals surface area contributed by atoms with Crippen molar-refractivity contribution < 1.29 is 0 Å². The molecule has 3 nitrogen and oxygen atoms in total. The second-order valence-electron chi connectivity index (χ2n) is 5.63. The smallest absolute Gasteiger partial charge is 0.0957 e. The molecule has 0 saturated carbocycles. The van der Waals surface area contributed by atoms with Gasteiger partial charge in [-0.05, 0) is 51.1 Å². The van der Waals surface area contributed by atoms with E-state index in [0.717, 1.165) is 37.7 Å². The van der Waals surface area contributed by atoms with Gasteiger partial charge in [-0.25, -0.2) is 0 Å². The molecule has 0 bridgehead atoms. The third-order valence-corrected chi connectivity index (χ3v) is 4.20. The summed E-state index contributed by atoms with van der Waals surface area (Å²) in [6, 6.07) is 0. The highest BCUT2D eigenvalue weighted by Crippen LogP contribution is 2.21.